The van der Waals surface area contributed by atoms with Crippen LogP contribution >= 0.6 is 0 Å². The molecule has 0 bridgehead atoms. The number of likely N-dealkylation sites (tertiary alicyclic amines) is 2. The third-order valence-electron chi connectivity index (χ3n) is 23.5. The number of alkyl carbamates (subject to hydrolysis) is 3. The predicted molar refractivity (Wildman–Crippen MR) is 497 cm³/mol. The molecule has 41 heteroatoms. The summed E-state index contributed by atoms with van der Waals surface area (Å²) in [5.74, 6) is 0. The van der Waals surface area contributed by atoms with Gasteiger partial charge in [-0.05, 0) is 188 Å². The van der Waals surface area contributed by atoms with Gasteiger partial charge in [-0.15, -0.1) is 0 Å². The normalized spacial score (nSPS) is 20.2. The number of aliphatic hydroxyl groups is 2. The molecule has 9 aromatic carbocycles. The molecule has 0 spiro atoms. The number of amides is 6. The Morgan fingerprint density at radius 2 is 0.582 bits per heavy atom. The highest BCUT2D eigenvalue weighted by Gasteiger charge is 2.55. The molecule has 3 aliphatic rings. The average Bonchev–Trinajstić information content (AvgIpc) is 0.750. The molecule has 11 atom stereocenters. The Labute approximate surface area is 830 Å². The van der Waals surface area contributed by atoms with E-state index in [9.17, 15) is 118 Å². The fraction of sp³-hybridized carbons (Fsp3) is 0.410. The van der Waals surface area contributed by atoms with E-state index in [0.717, 1.165) is 0 Å². The summed E-state index contributed by atoms with van der Waals surface area (Å²) in [5, 5.41) is 30.7. The molecule has 9 aromatic rings. The van der Waals surface area contributed by atoms with Gasteiger partial charge < -0.3 is 68.8 Å². The highest BCUT2D eigenvalue weighted by atomic mass is 19.4. The lowest BCUT2D eigenvalue weighted by Gasteiger charge is -2.51. The zero-order chi connectivity index (χ0) is 108. The lowest BCUT2D eigenvalue weighted by molar-refractivity contribution is -0.145. The zero-order valence-electron chi connectivity index (χ0n) is 81.2. The minimum atomic E-state index is -5.07. The highest BCUT2D eigenvalue weighted by Crippen LogP contribution is 2.48. The number of hydrogen-bond acceptors (Lipinski definition) is 17. The number of nitrogens with one attached hydrogen (secondary N) is 3. The number of alkyl halides is 18. The summed E-state index contributed by atoms with van der Waals surface area (Å²) >= 11 is 0. The fourth-order valence-corrected chi connectivity index (χ4v) is 16.2. The molecule has 146 heavy (non-hydrogen) atoms. The molecule has 23 nitrogen and oxygen atoms in total. The van der Waals surface area contributed by atoms with Crippen LogP contribution in [-0.4, -0.2) is 148 Å². The van der Waals surface area contributed by atoms with E-state index in [1.165, 1.54) is 35.5 Å². The summed E-state index contributed by atoms with van der Waals surface area (Å²) < 4.78 is 296. The van der Waals surface area contributed by atoms with Crippen LogP contribution in [0.1, 0.15) is 198 Å². The Bertz CT molecular complexity index is 5540. The van der Waals surface area contributed by atoms with Gasteiger partial charge in [0.05, 0.1) is 113 Å². The first-order chi connectivity index (χ1) is 67.9. The van der Waals surface area contributed by atoms with E-state index in [1.54, 1.807) is 256 Å². The Morgan fingerprint density at radius 1 is 0.336 bits per heavy atom. The van der Waals surface area contributed by atoms with Gasteiger partial charge in [-0.25, -0.2) is 28.8 Å². The van der Waals surface area contributed by atoms with Crippen molar-refractivity contribution >= 4 is 36.6 Å². The second-order valence-electron chi connectivity index (χ2n) is 38.1. The molecule has 5 N–H and O–H groups in total. The van der Waals surface area contributed by atoms with Gasteiger partial charge in [0.25, 0.3) is 0 Å². The number of rotatable bonds is 24. The first kappa shape index (κ1) is 115. The predicted octanol–water partition coefficient (Wildman–Crippen LogP) is 24.8. The summed E-state index contributed by atoms with van der Waals surface area (Å²) in [5.41, 5.74) is -13.8. The van der Waals surface area contributed by atoms with Gasteiger partial charge in [-0.1, -0.05) is 194 Å². The molecule has 3 aliphatic heterocycles. The number of carbonyl (C=O) groups is 6. The van der Waals surface area contributed by atoms with Crippen LogP contribution in [0.2, 0.25) is 0 Å². The maximum absolute atomic E-state index is 13.9. The second-order valence-corrected chi connectivity index (χ2v) is 38.1. The summed E-state index contributed by atoms with van der Waals surface area (Å²) in [7, 11) is 0. The molecule has 1 unspecified atom stereocenters. The van der Waals surface area contributed by atoms with Gasteiger partial charge >= 0.3 is 73.6 Å². The Balaban J connectivity index is 0.000000224. The van der Waals surface area contributed by atoms with Gasteiger partial charge in [0, 0.05) is 32.5 Å². The van der Waals surface area contributed by atoms with Crippen molar-refractivity contribution in [1.29, 1.82) is 0 Å². The molecule has 0 aromatic heterocycles. The minimum absolute atomic E-state index is 0.0292. The molecule has 3 heterocycles. The number of aliphatic hydroxyl groups excluding tert-OH is 2. The van der Waals surface area contributed by atoms with Crippen LogP contribution < -0.4 is 16.0 Å². The standard InChI is InChI=1S/2C35H38F6N2O6.C35H36F6N2O5/c2*1-22(24-15-26(34(36,37)38)17-27(16-24)35(39,40)41)48-21-33(25-13-9-6-10-14-25)18-29(44)28(42-30(45)49-32(2,3)4)19-43(33)31(46)47-20-23-11-7-5-8-12-23;1-23(25-17-27(34(36,37)38)19-28(18-25)35(39,40)41)47-22-33(26-13-9-6-10-14-26)16-15-29(42-30(44)48-32(2,3)4)20-43(33)31(45)46-21-24-11-7-5-8-12-24/h2*5-17,22,28-29,44H,18-21H2,1-4H3,(H,42,45);5-19,23,29H,20-22H2,1-4H3,(H,42,44)/t22-,28+,29+,33-;22-,28-,29-,33-;23-,29?,33-/m111/s1. The Hall–Kier alpha value is -13.1. The maximum atomic E-state index is 13.9. The van der Waals surface area contributed by atoms with E-state index >= 15 is 0 Å². The molecule has 2 fully saturated rings. The van der Waals surface area contributed by atoms with Crippen molar-refractivity contribution in [3.63, 3.8) is 0 Å². The molecule has 12 rings (SSSR count). The monoisotopic (exact) mass is 2070 g/mol. The molecule has 2 saturated heterocycles. The van der Waals surface area contributed by atoms with Gasteiger partial charge in [-0.3, -0.25) is 14.7 Å². The fourth-order valence-electron chi connectivity index (χ4n) is 16.2. The van der Waals surface area contributed by atoms with Crippen LogP contribution in [0.15, 0.2) is 249 Å². The molecule has 6 amide bonds. The van der Waals surface area contributed by atoms with Gasteiger partial charge in [0.15, 0.2) is 0 Å². The van der Waals surface area contributed by atoms with E-state index in [0.29, 0.717) is 69.8 Å². The number of nitrogens with zero attached hydrogens (tertiary/aromatic N) is 3. The van der Waals surface area contributed by atoms with E-state index in [4.69, 9.17) is 42.6 Å². The molecular formula is C105H112F18N6O17. The van der Waals surface area contributed by atoms with Gasteiger partial charge in [0.1, 0.15) is 42.2 Å². The van der Waals surface area contributed by atoms with Crippen LogP contribution in [0.25, 0.3) is 0 Å². The summed E-state index contributed by atoms with van der Waals surface area (Å²) in [6.45, 7) is 16.4. The topological polar surface area (TPSA) is 272 Å². The average molecular weight is 2070 g/mol. The van der Waals surface area contributed by atoms with Crippen molar-refractivity contribution in [2.45, 2.75) is 235 Å². The number of halogens is 18. The zero-order valence-corrected chi connectivity index (χ0v) is 81.2. The smallest absolute Gasteiger partial charge is 0.416 e. The van der Waals surface area contributed by atoms with Crippen molar-refractivity contribution in [3.05, 3.63) is 332 Å². The van der Waals surface area contributed by atoms with Crippen LogP contribution in [-0.2, 0) is 116 Å². The summed E-state index contributed by atoms with van der Waals surface area (Å²) in [6.07, 6.45) is -39.2. The SMILES string of the molecule is C[C@@H](OC[C@@]1(c2ccccc2)C=CC(NC(=O)OC(C)(C)C)CN1C(=O)OCc1ccccc1)c1cc(C(F)(F)F)cc(C(F)(F)F)c1.C[C@@H](OC[C@@]1(c2ccccc2)C[C@@H](O)[C@H](NC(=O)OC(C)(C)C)CN1C(=O)OCc1ccccc1)c1cc(C(F)(F)F)cc(C(F)(F)F)c1.C[C@@H](OC[C@@]1(c2ccccc2)C[C@H](O)[C@@H](NC(=O)OC(C)(C)C)CN1C(=O)OCc1ccccc1)c1cc(C(F)(F)F)cc(C(F)(F)F)c1. The lowest BCUT2D eigenvalue weighted by atomic mass is 9.78. The van der Waals surface area contributed by atoms with Crippen LogP contribution in [0.4, 0.5) is 108 Å². The van der Waals surface area contributed by atoms with Crippen LogP contribution in [0, 0.1) is 0 Å². The largest absolute Gasteiger partial charge is 0.445 e. The lowest BCUT2D eigenvalue weighted by Crippen LogP contribution is -2.66. The minimum Gasteiger partial charge on any atom is -0.445 e. The van der Waals surface area contributed by atoms with Crippen molar-refractivity contribution < 1.29 is 161 Å². The maximum Gasteiger partial charge on any atom is 0.416 e. The van der Waals surface area contributed by atoms with E-state index < -0.39 is 220 Å². The van der Waals surface area contributed by atoms with Crippen molar-refractivity contribution in [2.24, 2.45) is 0 Å². The first-order valence-corrected chi connectivity index (χ1v) is 45.8. The third-order valence-corrected chi connectivity index (χ3v) is 23.5. The number of ether oxygens (including phenoxy) is 9. The van der Waals surface area contributed by atoms with E-state index in [-0.39, 0.29) is 76.1 Å². The molecular weight excluding hydrogens is 1960 g/mol. The quantitative estimate of drug-likeness (QED) is 0.0214. The van der Waals surface area contributed by atoms with Crippen molar-refractivity contribution in [3.8, 4) is 0 Å². The van der Waals surface area contributed by atoms with Crippen LogP contribution in [0.5, 0.6) is 0 Å². The highest BCUT2D eigenvalue weighted by molar-refractivity contribution is 5.74. The van der Waals surface area contributed by atoms with Crippen LogP contribution in [0.3, 0.4) is 0 Å². The van der Waals surface area contributed by atoms with Gasteiger partial charge in [-0.2, -0.15) is 79.0 Å². The molecule has 790 valence electrons. The number of piperidine rings is 2. The number of carbonyl (C=O) groups excluding carboxylic acids is 6. The molecule has 0 saturated carbocycles. The van der Waals surface area contributed by atoms with Crippen molar-refractivity contribution in [1.82, 2.24) is 30.7 Å². The third kappa shape index (κ3) is 31.9. The summed E-state index contributed by atoms with van der Waals surface area (Å²) in [4.78, 5) is 83.5. The number of hydrogen-bond donors (Lipinski definition) is 5. The van der Waals surface area contributed by atoms with Gasteiger partial charge in [0.2, 0.25) is 0 Å². The second kappa shape index (κ2) is 47.2. The number of benzene rings is 9. The first-order valence-electron chi connectivity index (χ1n) is 45.8. The Morgan fingerprint density at radius 3 is 0.849 bits per heavy atom. The van der Waals surface area contributed by atoms with E-state index in [2.05, 4.69) is 16.0 Å². The molecule has 0 aliphatic carbocycles. The molecule has 0 radical (unpaired) electrons. The summed E-state index contributed by atoms with van der Waals surface area (Å²) in [6, 6.07) is 52.3. The van der Waals surface area contributed by atoms with Crippen molar-refractivity contribution in [2.75, 3.05) is 39.5 Å². The van der Waals surface area contributed by atoms with E-state index in [1.807, 2.05) is 0 Å². The Kier molecular flexibility index (Phi) is 37.1.